The van der Waals surface area contributed by atoms with Crippen LogP contribution in [0, 0.1) is 0 Å². The van der Waals surface area contributed by atoms with Gasteiger partial charge in [0, 0.05) is 22.0 Å². The summed E-state index contributed by atoms with van der Waals surface area (Å²) in [5, 5.41) is 2.64. The molecule has 0 amide bonds. The molecule has 9 aromatic rings. The van der Waals surface area contributed by atoms with E-state index < -0.39 is 13.5 Å². The second kappa shape index (κ2) is 13.3. The van der Waals surface area contributed by atoms with Crippen LogP contribution in [-0.4, -0.2) is 18.0 Å². The lowest BCUT2D eigenvalue weighted by atomic mass is 9.67. The topological polar surface area (TPSA) is 25.8 Å². The lowest BCUT2D eigenvalue weighted by Crippen LogP contribution is -2.50. The number of hydrogen-bond acceptors (Lipinski definition) is 2. The van der Waals surface area contributed by atoms with Crippen LogP contribution >= 0.6 is 0 Å². The molecule has 58 heavy (non-hydrogen) atoms. The van der Waals surface area contributed by atoms with Gasteiger partial charge in [0.1, 0.15) is 8.07 Å². The number of fused-ring (bicyclic) bond motifs is 6. The number of rotatable bonds is 6. The van der Waals surface area contributed by atoms with Gasteiger partial charge in [-0.05, 0) is 84.6 Å². The van der Waals surface area contributed by atoms with Gasteiger partial charge in [0.15, 0.2) is 5.82 Å². The fourth-order valence-electron chi connectivity index (χ4n) is 9.84. The molecule has 8 aromatic carbocycles. The van der Waals surface area contributed by atoms with E-state index in [0.29, 0.717) is 0 Å². The van der Waals surface area contributed by atoms with Gasteiger partial charge in [-0.25, -0.2) is 9.97 Å². The molecule has 0 spiro atoms. The zero-order chi connectivity index (χ0) is 38.8. The molecule has 0 radical (unpaired) electrons. The molecular formula is C55H40N2Si. The Morgan fingerprint density at radius 1 is 0.379 bits per heavy atom. The van der Waals surface area contributed by atoms with Gasteiger partial charge in [0.25, 0.3) is 0 Å². The van der Waals surface area contributed by atoms with Crippen molar-refractivity contribution in [3.8, 4) is 67.2 Å². The van der Waals surface area contributed by atoms with Crippen molar-refractivity contribution in [1.82, 2.24) is 9.97 Å². The molecule has 11 rings (SSSR count). The largest absolute Gasteiger partial charge is 0.237 e. The lowest BCUT2D eigenvalue weighted by Gasteiger charge is -2.34. The molecule has 2 nitrogen and oxygen atoms in total. The van der Waals surface area contributed by atoms with Gasteiger partial charge in [-0.1, -0.05) is 201 Å². The fraction of sp³-hybridized carbons (Fsp3) is 0.0545. The van der Waals surface area contributed by atoms with E-state index in [1.54, 1.807) is 0 Å². The van der Waals surface area contributed by atoms with Gasteiger partial charge in [-0.3, -0.25) is 0 Å². The molecular weight excluding hydrogens is 717 g/mol. The van der Waals surface area contributed by atoms with Crippen LogP contribution in [0.2, 0.25) is 13.1 Å². The Morgan fingerprint density at radius 2 is 0.845 bits per heavy atom. The molecule has 0 atom stereocenters. The molecule has 274 valence electrons. The average molecular weight is 757 g/mol. The maximum Gasteiger partial charge on any atom is 0.159 e. The van der Waals surface area contributed by atoms with Crippen molar-refractivity contribution in [2.75, 3.05) is 0 Å². The Hall–Kier alpha value is -6.94. The first-order chi connectivity index (χ1) is 28.5. The second-order valence-corrected chi connectivity index (χ2v) is 20.4. The van der Waals surface area contributed by atoms with Gasteiger partial charge in [0.2, 0.25) is 0 Å². The van der Waals surface area contributed by atoms with Gasteiger partial charge >= 0.3 is 0 Å². The molecule has 1 aliphatic heterocycles. The molecule has 2 heterocycles. The molecule has 0 fully saturated rings. The zero-order valence-electron chi connectivity index (χ0n) is 32.5. The van der Waals surface area contributed by atoms with Gasteiger partial charge in [0.05, 0.1) is 11.1 Å². The molecule has 0 bridgehead atoms. The highest BCUT2D eigenvalue weighted by atomic mass is 28.3. The molecule has 0 saturated heterocycles. The summed E-state index contributed by atoms with van der Waals surface area (Å²) >= 11 is 0. The van der Waals surface area contributed by atoms with Crippen LogP contribution in [-0.2, 0) is 5.41 Å². The normalized spacial score (nSPS) is 14.0. The van der Waals surface area contributed by atoms with Crippen LogP contribution in [0.25, 0.3) is 67.2 Å². The highest BCUT2D eigenvalue weighted by molar-refractivity contribution is 7.03. The minimum absolute atomic E-state index is 0.441. The van der Waals surface area contributed by atoms with Crippen molar-refractivity contribution in [2.45, 2.75) is 18.5 Å². The standard InChI is InChI=1S/C55H40N2Si/c1-58(2)50-33-14-11-30-47(50)51-52(37-18-5-3-6-19-37)56-53(57-54(51)58)42-24-16-22-40(35-42)38-20-15-21-39(34-38)41-23-17-27-44(36-41)55(43-25-7-4-8-26-43)48-31-12-9-28-45(48)46-29-10-13-32-49(46)55/h3-36H,1-2H3. The fourth-order valence-corrected chi connectivity index (χ4v) is 12.7. The van der Waals surface area contributed by atoms with E-state index in [1.807, 2.05) is 0 Å². The summed E-state index contributed by atoms with van der Waals surface area (Å²) in [5.74, 6) is 0.778. The first kappa shape index (κ1) is 34.3. The zero-order valence-corrected chi connectivity index (χ0v) is 33.5. The number of aromatic nitrogens is 2. The third-order valence-corrected chi connectivity index (χ3v) is 15.9. The van der Waals surface area contributed by atoms with Crippen molar-refractivity contribution < 1.29 is 0 Å². The summed E-state index contributed by atoms with van der Waals surface area (Å²) < 4.78 is 0. The SMILES string of the molecule is C[Si]1(C)c2ccccc2-c2c(-c3ccccc3)nc(-c3cccc(-c4cccc(-c5cccc(C6(c7ccccc7)c7ccccc7-c7ccccc76)c5)c4)c3)nc21. The molecule has 3 heteroatoms. The highest BCUT2D eigenvalue weighted by Crippen LogP contribution is 2.56. The smallest absolute Gasteiger partial charge is 0.159 e. The first-order valence-corrected chi connectivity index (χ1v) is 23.2. The van der Waals surface area contributed by atoms with Crippen molar-refractivity contribution in [2.24, 2.45) is 0 Å². The minimum atomic E-state index is -2.06. The molecule has 1 aliphatic carbocycles. The molecule has 1 aromatic heterocycles. The summed E-state index contributed by atoms with van der Waals surface area (Å²) in [7, 11) is -2.06. The Morgan fingerprint density at radius 3 is 1.50 bits per heavy atom. The third kappa shape index (κ3) is 5.17. The molecule has 0 unspecified atom stereocenters. The van der Waals surface area contributed by atoms with E-state index >= 15 is 0 Å². The Kier molecular flexibility index (Phi) is 7.89. The van der Waals surface area contributed by atoms with E-state index in [-0.39, 0.29) is 0 Å². The van der Waals surface area contributed by atoms with E-state index in [9.17, 15) is 0 Å². The van der Waals surface area contributed by atoms with Crippen LogP contribution in [0.1, 0.15) is 22.3 Å². The Balaban J connectivity index is 1.02. The number of hydrogen-bond donors (Lipinski definition) is 0. The van der Waals surface area contributed by atoms with E-state index in [4.69, 9.17) is 9.97 Å². The van der Waals surface area contributed by atoms with E-state index in [2.05, 4.69) is 219 Å². The maximum absolute atomic E-state index is 5.44. The predicted octanol–water partition coefficient (Wildman–Crippen LogP) is 12.3. The van der Waals surface area contributed by atoms with Crippen molar-refractivity contribution in [1.29, 1.82) is 0 Å². The second-order valence-electron chi connectivity index (χ2n) is 16.1. The summed E-state index contributed by atoms with van der Waals surface area (Å²) in [4.78, 5) is 10.8. The number of benzene rings is 8. The molecule has 0 N–H and O–H groups in total. The van der Waals surface area contributed by atoms with E-state index in [1.165, 1.54) is 66.1 Å². The quantitative estimate of drug-likeness (QED) is 0.158. The Bertz CT molecular complexity index is 2990. The van der Waals surface area contributed by atoms with Crippen molar-refractivity contribution in [3.63, 3.8) is 0 Å². The van der Waals surface area contributed by atoms with Gasteiger partial charge in [-0.15, -0.1) is 0 Å². The summed E-state index contributed by atoms with van der Waals surface area (Å²) in [5.41, 5.74) is 17.6. The summed E-state index contributed by atoms with van der Waals surface area (Å²) in [6.45, 7) is 4.85. The summed E-state index contributed by atoms with van der Waals surface area (Å²) in [6.07, 6.45) is 0. The molecule has 0 saturated carbocycles. The van der Waals surface area contributed by atoms with Crippen LogP contribution in [0.3, 0.4) is 0 Å². The molecule has 2 aliphatic rings. The highest BCUT2D eigenvalue weighted by Gasteiger charge is 2.46. The lowest BCUT2D eigenvalue weighted by molar-refractivity contribution is 0.769. The predicted molar refractivity (Wildman–Crippen MR) is 243 cm³/mol. The van der Waals surface area contributed by atoms with Crippen molar-refractivity contribution >= 4 is 18.6 Å². The minimum Gasteiger partial charge on any atom is -0.237 e. The van der Waals surface area contributed by atoms with Crippen LogP contribution in [0.15, 0.2) is 206 Å². The van der Waals surface area contributed by atoms with Crippen LogP contribution < -0.4 is 10.5 Å². The van der Waals surface area contributed by atoms with Crippen LogP contribution in [0.5, 0.6) is 0 Å². The van der Waals surface area contributed by atoms with E-state index in [0.717, 1.165) is 33.8 Å². The number of nitrogens with zero attached hydrogens (tertiary/aromatic N) is 2. The Labute approximate surface area is 341 Å². The maximum atomic E-state index is 5.44. The summed E-state index contributed by atoms with van der Waals surface area (Å²) in [6, 6.07) is 75.3. The monoisotopic (exact) mass is 756 g/mol. The van der Waals surface area contributed by atoms with Crippen molar-refractivity contribution in [3.05, 3.63) is 229 Å². The first-order valence-electron chi connectivity index (χ1n) is 20.2. The third-order valence-electron chi connectivity index (χ3n) is 12.5. The van der Waals surface area contributed by atoms with Gasteiger partial charge < -0.3 is 0 Å². The average Bonchev–Trinajstić information content (AvgIpc) is 3.73. The van der Waals surface area contributed by atoms with Crippen LogP contribution in [0.4, 0.5) is 0 Å². The van der Waals surface area contributed by atoms with Gasteiger partial charge in [-0.2, -0.15) is 0 Å².